The fourth-order valence-electron chi connectivity index (χ4n) is 2.29. The van der Waals surface area contributed by atoms with E-state index in [0.717, 1.165) is 5.02 Å². The van der Waals surface area contributed by atoms with E-state index in [-0.39, 0.29) is 0 Å². The van der Waals surface area contributed by atoms with Crippen LogP contribution in [0, 0.1) is 5.92 Å². The minimum absolute atomic E-state index is 0.438. The molecule has 1 heteroatoms. The molecule has 0 aromatic heterocycles. The van der Waals surface area contributed by atoms with Crippen molar-refractivity contribution in [1.82, 2.24) is 0 Å². The van der Waals surface area contributed by atoms with Crippen molar-refractivity contribution in [2.75, 3.05) is 0 Å². The first-order valence-corrected chi connectivity index (χ1v) is 6.36. The minimum Gasteiger partial charge on any atom is -0.0843 e. The lowest BCUT2D eigenvalue weighted by molar-refractivity contribution is 0.564. The lowest BCUT2D eigenvalue weighted by Crippen LogP contribution is -2.08. The van der Waals surface area contributed by atoms with E-state index >= 15 is 0 Å². The summed E-state index contributed by atoms with van der Waals surface area (Å²) < 4.78 is 0. The van der Waals surface area contributed by atoms with E-state index in [1.807, 2.05) is 12.1 Å². The highest BCUT2D eigenvalue weighted by Gasteiger charge is 2.17. The standard InChI is InChI=1S/C16H17Cl/c1-12(2)16(13-6-4-3-5-7-13)14-8-10-15(17)11-9-14/h3-12,16H,1-2H3/t16-/m1/s1. The van der Waals surface area contributed by atoms with Gasteiger partial charge >= 0.3 is 0 Å². The van der Waals surface area contributed by atoms with Gasteiger partial charge in [0.05, 0.1) is 0 Å². The molecule has 0 aliphatic heterocycles. The van der Waals surface area contributed by atoms with E-state index in [2.05, 4.69) is 56.3 Å². The molecular formula is C16H17Cl. The second-order valence-electron chi connectivity index (χ2n) is 4.68. The summed E-state index contributed by atoms with van der Waals surface area (Å²) in [6.07, 6.45) is 0. The fourth-order valence-corrected chi connectivity index (χ4v) is 2.42. The maximum atomic E-state index is 5.94. The number of halogens is 1. The molecule has 1 atom stereocenters. The van der Waals surface area contributed by atoms with Crippen LogP contribution in [0.4, 0.5) is 0 Å². The van der Waals surface area contributed by atoms with Gasteiger partial charge in [-0.15, -0.1) is 0 Å². The Labute approximate surface area is 108 Å². The maximum Gasteiger partial charge on any atom is 0.0406 e. The van der Waals surface area contributed by atoms with Crippen molar-refractivity contribution >= 4 is 11.6 Å². The van der Waals surface area contributed by atoms with Crippen molar-refractivity contribution in [1.29, 1.82) is 0 Å². The van der Waals surface area contributed by atoms with Gasteiger partial charge in [-0.3, -0.25) is 0 Å². The van der Waals surface area contributed by atoms with Crippen LogP contribution in [0.15, 0.2) is 54.6 Å². The summed E-state index contributed by atoms with van der Waals surface area (Å²) in [6, 6.07) is 18.8. The van der Waals surface area contributed by atoms with Gasteiger partial charge in [-0.2, -0.15) is 0 Å². The molecule has 2 aromatic rings. The Balaban J connectivity index is 2.39. The Hall–Kier alpha value is -1.27. The predicted molar refractivity (Wildman–Crippen MR) is 74.6 cm³/mol. The highest BCUT2D eigenvalue weighted by molar-refractivity contribution is 6.30. The zero-order chi connectivity index (χ0) is 12.3. The average molecular weight is 245 g/mol. The van der Waals surface area contributed by atoms with Crippen molar-refractivity contribution in [3.63, 3.8) is 0 Å². The molecular weight excluding hydrogens is 228 g/mol. The van der Waals surface area contributed by atoms with Crippen LogP contribution in [0.1, 0.15) is 30.9 Å². The van der Waals surface area contributed by atoms with Crippen LogP contribution >= 0.6 is 11.6 Å². The fraction of sp³-hybridized carbons (Fsp3) is 0.250. The van der Waals surface area contributed by atoms with E-state index in [1.165, 1.54) is 11.1 Å². The third-order valence-electron chi connectivity index (χ3n) is 3.05. The third-order valence-corrected chi connectivity index (χ3v) is 3.31. The molecule has 0 saturated heterocycles. The largest absolute Gasteiger partial charge is 0.0843 e. The summed E-state index contributed by atoms with van der Waals surface area (Å²) in [5.41, 5.74) is 2.69. The van der Waals surface area contributed by atoms with E-state index < -0.39 is 0 Å². The van der Waals surface area contributed by atoms with Crippen LogP contribution in [0.5, 0.6) is 0 Å². The third kappa shape index (κ3) is 2.89. The molecule has 0 unspecified atom stereocenters. The quantitative estimate of drug-likeness (QED) is 0.702. The Morgan fingerprint density at radius 2 is 1.29 bits per heavy atom. The van der Waals surface area contributed by atoms with Gasteiger partial charge in [0.15, 0.2) is 0 Å². The molecule has 0 bridgehead atoms. The molecule has 0 heterocycles. The summed E-state index contributed by atoms with van der Waals surface area (Å²) >= 11 is 5.94. The molecule has 0 aliphatic rings. The van der Waals surface area contributed by atoms with Gasteiger partial charge in [0.2, 0.25) is 0 Å². The lowest BCUT2D eigenvalue weighted by Gasteiger charge is -2.22. The number of hydrogen-bond acceptors (Lipinski definition) is 0. The molecule has 2 rings (SSSR count). The molecule has 0 amide bonds. The lowest BCUT2D eigenvalue weighted by atomic mass is 9.83. The predicted octanol–water partition coefficient (Wildman–Crippen LogP) is 5.13. The van der Waals surface area contributed by atoms with E-state index in [4.69, 9.17) is 11.6 Å². The summed E-state index contributed by atoms with van der Waals surface area (Å²) in [7, 11) is 0. The molecule has 0 radical (unpaired) electrons. The zero-order valence-electron chi connectivity index (χ0n) is 10.2. The van der Waals surface area contributed by atoms with Gasteiger partial charge in [-0.1, -0.05) is 67.9 Å². The molecule has 0 N–H and O–H groups in total. The van der Waals surface area contributed by atoms with Gasteiger partial charge in [-0.05, 0) is 29.2 Å². The van der Waals surface area contributed by atoms with Gasteiger partial charge in [-0.25, -0.2) is 0 Å². The SMILES string of the molecule is CC(C)[C@H](c1ccccc1)c1ccc(Cl)cc1. The van der Waals surface area contributed by atoms with Crippen molar-refractivity contribution in [2.45, 2.75) is 19.8 Å². The van der Waals surface area contributed by atoms with Crippen molar-refractivity contribution in [3.05, 3.63) is 70.7 Å². The molecule has 17 heavy (non-hydrogen) atoms. The molecule has 0 saturated carbocycles. The van der Waals surface area contributed by atoms with E-state index in [0.29, 0.717) is 11.8 Å². The van der Waals surface area contributed by atoms with Crippen molar-refractivity contribution in [2.24, 2.45) is 5.92 Å². The monoisotopic (exact) mass is 244 g/mol. The van der Waals surface area contributed by atoms with Crippen LogP contribution < -0.4 is 0 Å². The summed E-state index contributed by atoms with van der Waals surface area (Å²) in [4.78, 5) is 0. The summed E-state index contributed by atoms with van der Waals surface area (Å²) in [5, 5.41) is 0.796. The Morgan fingerprint density at radius 3 is 1.82 bits per heavy atom. The molecule has 2 aromatic carbocycles. The van der Waals surface area contributed by atoms with Crippen LogP contribution in [-0.2, 0) is 0 Å². The van der Waals surface area contributed by atoms with Crippen LogP contribution in [0.25, 0.3) is 0 Å². The van der Waals surface area contributed by atoms with E-state index in [1.54, 1.807) is 0 Å². The first kappa shape index (κ1) is 12.2. The number of hydrogen-bond donors (Lipinski definition) is 0. The highest BCUT2D eigenvalue weighted by atomic mass is 35.5. The molecule has 0 fully saturated rings. The van der Waals surface area contributed by atoms with Crippen molar-refractivity contribution < 1.29 is 0 Å². The van der Waals surface area contributed by atoms with Crippen molar-refractivity contribution in [3.8, 4) is 0 Å². The molecule has 88 valence electrons. The second kappa shape index (κ2) is 5.37. The van der Waals surface area contributed by atoms with Gasteiger partial charge in [0.25, 0.3) is 0 Å². The minimum atomic E-state index is 0.438. The first-order valence-electron chi connectivity index (χ1n) is 5.99. The average Bonchev–Trinajstić information content (AvgIpc) is 2.33. The van der Waals surface area contributed by atoms with Crippen LogP contribution in [0.3, 0.4) is 0 Å². The van der Waals surface area contributed by atoms with E-state index in [9.17, 15) is 0 Å². The Bertz CT molecular complexity index is 457. The number of rotatable bonds is 3. The zero-order valence-corrected chi connectivity index (χ0v) is 11.0. The van der Waals surface area contributed by atoms with Gasteiger partial charge in [0.1, 0.15) is 0 Å². The van der Waals surface area contributed by atoms with Crippen LogP contribution in [-0.4, -0.2) is 0 Å². The van der Waals surface area contributed by atoms with Gasteiger partial charge in [0, 0.05) is 10.9 Å². The molecule has 0 aliphatic carbocycles. The highest BCUT2D eigenvalue weighted by Crippen LogP contribution is 2.32. The van der Waals surface area contributed by atoms with Gasteiger partial charge < -0.3 is 0 Å². The Kier molecular flexibility index (Phi) is 3.86. The molecule has 0 spiro atoms. The second-order valence-corrected chi connectivity index (χ2v) is 5.12. The summed E-state index contributed by atoms with van der Waals surface area (Å²) in [6.45, 7) is 4.51. The smallest absolute Gasteiger partial charge is 0.0406 e. The topological polar surface area (TPSA) is 0 Å². The normalized spacial score (nSPS) is 12.7. The first-order chi connectivity index (χ1) is 8.18. The molecule has 0 nitrogen and oxygen atoms in total. The van der Waals surface area contributed by atoms with Crippen LogP contribution in [0.2, 0.25) is 5.02 Å². The summed E-state index contributed by atoms with van der Waals surface area (Å²) in [5.74, 6) is 1.01. The maximum absolute atomic E-state index is 5.94. The Morgan fingerprint density at radius 1 is 0.765 bits per heavy atom. The number of benzene rings is 2.